The lowest BCUT2D eigenvalue weighted by Crippen LogP contribution is -2.48. The Hall–Kier alpha value is -1.62. The zero-order chi connectivity index (χ0) is 14.5. The van der Waals surface area contributed by atoms with Gasteiger partial charge in [0.05, 0.1) is 0 Å². The molecule has 0 saturated carbocycles. The van der Waals surface area contributed by atoms with Crippen molar-refractivity contribution < 1.29 is 0 Å². The van der Waals surface area contributed by atoms with Crippen molar-refractivity contribution in [3.05, 3.63) is 34.9 Å². The molecular weight excluding hydrogens is 264 g/mol. The van der Waals surface area contributed by atoms with Gasteiger partial charge in [-0.25, -0.2) is 4.98 Å². The number of rotatable bonds is 4. The van der Waals surface area contributed by atoms with Crippen LogP contribution in [0.3, 0.4) is 0 Å². The molecule has 3 rings (SSSR count). The van der Waals surface area contributed by atoms with Crippen LogP contribution in [0, 0.1) is 5.92 Å². The third-order valence-electron chi connectivity index (χ3n) is 4.48. The van der Waals surface area contributed by atoms with Crippen LogP contribution in [0.5, 0.6) is 0 Å². The number of hydrogen-bond acceptors (Lipinski definition) is 4. The summed E-state index contributed by atoms with van der Waals surface area (Å²) in [6, 6.07) is 0.464. The molecule has 5 heteroatoms. The van der Waals surface area contributed by atoms with Gasteiger partial charge in [0.25, 0.3) is 5.56 Å². The number of aromatic nitrogens is 2. The number of anilines is 1. The minimum absolute atomic E-state index is 0.0874. The smallest absolute Gasteiger partial charge is 0.290 e. The van der Waals surface area contributed by atoms with E-state index in [9.17, 15) is 4.79 Å². The first-order valence-corrected chi connectivity index (χ1v) is 8.00. The summed E-state index contributed by atoms with van der Waals surface area (Å²) in [5.41, 5.74) is -0.0874. The largest absolute Gasteiger partial charge is 0.350 e. The van der Waals surface area contributed by atoms with E-state index in [0.717, 1.165) is 32.0 Å². The first-order chi connectivity index (χ1) is 10.3. The quantitative estimate of drug-likeness (QED) is 0.828. The number of aromatic amines is 1. The van der Waals surface area contributed by atoms with Crippen LogP contribution >= 0.6 is 0 Å². The van der Waals surface area contributed by atoms with Crippen molar-refractivity contribution in [3.63, 3.8) is 0 Å². The molecular formula is C16H24N4O. The van der Waals surface area contributed by atoms with Crippen LogP contribution in [0.15, 0.2) is 29.3 Å². The molecule has 2 heterocycles. The molecule has 1 aliphatic heterocycles. The molecule has 2 aliphatic rings. The van der Waals surface area contributed by atoms with Crippen LogP contribution in [0.4, 0.5) is 5.82 Å². The van der Waals surface area contributed by atoms with E-state index in [-0.39, 0.29) is 5.56 Å². The average molecular weight is 288 g/mol. The SMILES string of the molecule is O=c1[nH]ccnc1N1CCC[C@@H](NC[C@H]2CC=CCC2)C1. The van der Waals surface area contributed by atoms with E-state index >= 15 is 0 Å². The fourth-order valence-electron chi connectivity index (χ4n) is 3.28. The third kappa shape index (κ3) is 3.73. The van der Waals surface area contributed by atoms with Gasteiger partial charge in [0.1, 0.15) is 0 Å². The Morgan fingerprint density at radius 2 is 2.33 bits per heavy atom. The van der Waals surface area contributed by atoms with Gasteiger partial charge in [0.15, 0.2) is 5.82 Å². The zero-order valence-corrected chi connectivity index (χ0v) is 12.4. The highest BCUT2D eigenvalue weighted by Gasteiger charge is 2.23. The standard InChI is InChI=1S/C16H24N4O/c21-16-15(17-8-9-18-16)20-10-4-7-14(12-20)19-11-13-5-2-1-3-6-13/h1-2,8-9,13-14,19H,3-7,10-12H2,(H,18,21)/t13-,14+/m0/s1. The molecule has 5 nitrogen and oxygen atoms in total. The molecule has 0 unspecified atom stereocenters. The predicted molar refractivity (Wildman–Crippen MR) is 84.6 cm³/mol. The normalized spacial score (nSPS) is 26.0. The van der Waals surface area contributed by atoms with E-state index in [0.29, 0.717) is 11.9 Å². The van der Waals surface area contributed by atoms with Gasteiger partial charge < -0.3 is 15.2 Å². The summed E-state index contributed by atoms with van der Waals surface area (Å²) in [4.78, 5) is 20.9. The first kappa shape index (κ1) is 14.3. The third-order valence-corrected chi connectivity index (χ3v) is 4.48. The Bertz CT molecular complexity index is 539. The van der Waals surface area contributed by atoms with Crippen LogP contribution in [0.25, 0.3) is 0 Å². The Balaban J connectivity index is 1.55. The monoisotopic (exact) mass is 288 g/mol. The number of nitrogens with zero attached hydrogens (tertiary/aromatic N) is 2. The Labute approximate surface area is 125 Å². The highest BCUT2D eigenvalue weighted by molar-refractivity contribution is 5.36. The van der Waals surface area contributed by atoms with Gasteiger partial charge in [0, 0.05) is 31.5 Å². The van der Waals surface area contributed by atoms with Gasteiger partial charge in [0.2, 0.25) is 0 Å². The molecule has 1 aromatic heterocycles. The molecule has 0 aromatic carbocycles. The minimum atomic E-state index is -0.0874. The van der Waals surface area contributed by atoms with E-state index in [2.05, 4.69) is 32.3 Å². The molecule has 1 saturated heterocycles. The topological polar surface area (TPSA) is 61.0 Å². The summed E-state index contributed by atoms with van der Waals surface area (Å²) in [5.74, 6) is 1.33. The molecule has 1 aromatic rings. The Morgan fingerprint density at radius 1 is 1.38 bits per heavy atom. The molecule has 2 atom stereocenters. The Kier molecular flexibility index (Phi) is 4.70. The molecule has 0 bridgehead atoms. The summed E-state index contributed by atoms with van der Waals surface area (Å²) in [7, 11) is 0. The molecule has 114 valence electrons. The maximum atomic E-state index is 11.8. The zero-order valence-electron chi connectivity index (χ0n) is 12.4. The highest BCUT2D eigenvalue weighted by atomic mass is 16.1. The average Bonchev–Trinajstić information content (AvgIpc) is 2.55. The van der Waals surface area contributed by atoms with Crippen molar-refractivity contribution in [2.75, 3.05) is 24.5 Å². The van der Waals surface area contributed by atoms with Crippen molar-refractivity contribution in [2.24, 2.45) is 5.92 Å². The van der Waals surface area contributed by atoms with Crippen LogP contribution in [0.1, 0.15) is 32.1 Å². The van der Waals surface area contributed by atoms with Gasteiger partial charge in [-0.05, 0) is 44.6 Å². The summed E-state index contributed by atoms with van der Waals surface area (Å²) in [6.45, 7) is 2.88. The second-order valence-corrected chi connectivity index (χ2v) is 6.09. The number of H-pyrrole nitrogens is 1. The fourth-order valence-corrected chi connectivity index (χ4v) is 3.28. The van der Waals surface area contributed by atoms with Gasteiger partial charge >= 0.3 is 0 Å². The van der Waals surface area contributed by atoms with E-state index < -0.39 is 0 Å². The van der Waals surface area contributed by atoms with E-state index in [1.165, 1.54) is 25.7 Å². The van der Waals surface area contributed by atoms with Crippen molar-refractivity contribution in [1.29, 1.82) is 0 Å². The van der Waals surface area contributed by atoms with Gasteiger partial charge in [-0.15, -0.1) is 0 Å². The number of hydrogen-bond donors (Lipinski definition) is 2. The van der Waals surface area contributed by atoms with Gasteiger partial charge in [-0.1, -0.05) is 12.2 Å². The van der Waals surface area contributed by atoms with Crippen LogP contribution < -0.4 is 15.8 Å². The summed E-state index contributed by atoms with van der Waals surface area (Å²) >= 11 is 0. The van der Waals surface area contributed by atoms with Gasteiger partial charge in [-0.2, -0.15) is 0 Å². The fraction of sp³-hybridized carbons (Fsp3) is 0.625. The molecule has 1 aliphatic carbocycles. The lowest BCUT2D eigenvalue weighted by atomic mass is 9.94. The second kappa shape index (κ2) is 6.89. The summed E-state index contributed by atoms with van der Waals surface area (Å²) < 4.78 is 0. The van der Waals surface area contributed by atoms with Crippen molar-refractivity contribution >= 4 is 5.82 Å². The molecule has 21 heavy (non-hydrogen) atoms. The number of nitrogens with one attached hydrogen (secondary N) is 2. The summed E-state index contributed by atoms with van der Waals surface area (Å²) in [6.07, 6.45) is 13.8. The second-order valence-electron chi connectivity index (χ2n) is 6.09. The van der Waals surface area contributed by atoms with Gasteiger partial charge in [-0.3, -0.25) is 4.79 Å². The molecule has 2 N–H and O–H groups in total. The molecule has 0 amide bonds. The van der Waals surface area contributed by atoms with E-state index in [1.54, 1.807) is 12.4 Å². The maximum absolute atomic E-state index is 11.8. The lowest BCUT2D eigenvalue weighted by Gasteiger charge is -2.34. The number of piperidine rings is 1. The Morgan fingerprint density at radius 3 is 3.14 bits per heavy atom. The highest BCUT2D eigenvalue weighted by Crippen LogP contribution is 2.19. The van der Waals surface area contributed by atoms with E-state index in [1.807, 2.05) is 0 Å². The number of allylic oxidation sites excluding steroid dienone is 2. The van der Waals surface area contributed by atoms with Crippen molar-refractivity contribution in [2.45, 2.75) is 38.1 Å². The minimum Gasteiger partial charge on any atom is -0.350 e. The summed E-state index contributed by atoms with van der Waals surface area (Å²) in [5, 5.41) is 3.69. The molecule has 0 spiro atoms. The van der Waals surface area contributed by atoms with Crippen LogP contribution in [-0.4, -0.2) is 35.6 Å². The van der Waals surface area contributed by atoms with Crippen molar-refractivity contribution in [1.82, 2.24) is 15.3 Å². The molecule has 1 fully saturated rings. The maximum Gasteiger partial charge on any atom is 0.290 e. The van der Waals surface area contributed by atoms with Crippen LogP contribution in [0.2, 0.25) is 0 Å². The van der Waals surface area contributed by atoms with Crippen LogP contribution in [-0.2, 0) is 0 Å². The van der Waals surface area contributed by atoms with E-state index in [4.69, 9.17) is 0 Å². The first-order valence-electron chi connectivity index (χ1n) is 8.00. The predicted octanol–water partition coefficient (Wildman–Crippen LogP) is 1.68. The van der Waals surface area contributed by atoms with Crippen molar-refractivity contribution in [3.8, 4) is 0 Å². The lowest BCUT2D eigenvalue weighted by molar-refractivity contribution is 0.366. The molecule has 0 radical (unpaired) electrons.